The van der Waals surface area contributed by atoms with Gasteiger partial charge in [0.05, 0.1) is 19.2 Å². The van der Waals surface area contributed by atoms with Crippen LogP contribution in [0, 0.1) is 13.8 Å². The Morgan fingerprint density at radius 2 is 1.96 bits per heavy atom. The van der Waals surface area contributed by atoms with E-state index in [1.54, 1.807) is 11.0 Å². The molecule has 0 spiro atoms. The molecule has 1 N–H and O–H groups in total. The summed E-state index contributed by atoms with van der Waals surface area (Å²) >= 11 is 1.33. The van der Waals surface area contributed by atoms with E-state index in [9.17, 15) is 14.4 Å². The van der Waals surface area contributed by atoms with E-state index in [0.717, 1.165) is 21.6 Å². The zero-order chi connectivity index (χ0) is 19.7. The summed E-state index contributed by atoms with van der Waals surface area (Å²) in [5.74, 6) is -0.742. The third kappa shape index (κ3) is 3.73. The third-order valence-electron chi connectivity index (χ3n) is 4.75. The molecule has 142 valence electrons. The predicted molar refractivity (Wildman–Crippen MR) is 104 cm³/mol. The number of rotatable bonds is 3. The molecule has 0 bridgehead atoms. The molecule has 0 aliphatic carbocycles. The Morgan fingerprint density at radius 1 is 1.22 bits per heavy atom. The van der Waals surface area contributed by atoms with Gasteiger partial charge in [-0.15, -0.1) is 11.3 Å². The number of carbonyl (C=O) groups excluding carboxylic acids is 3. The molecule has 0 atom stereocenters. The summed E-state index contributed by atoms with van der Waals surface area (Å²) in [4.78, 5) is 39.5. The Bertz CT molecular complexity index is 932. The smallest absolute Gasteiger partial charge is 0.341 e. The lowest BCUT2D eigenvalue weighted by molar-refractivity contribution is -0.129. The fraction of sp³-hybridized carbons (Fsp3) is 0.350. The third-order valence-corrected chi connectivity index (χ3v) is 5.88. The van der Waals surface area contributed by atoms with Gasteiger partial charge < -0.3 is 15.0 Å². The van der Waals surface area contributed by atoms with E-state index in [1.807, 2.05) is 26.0 Å². The number of carbonyl (C=O) groups is 3. The van der Waals surface area contributed by atoms with Crippen LogP contribution in [0.4, 0.5) is 5.00 Å². The van der Waals surface area contributed by atoms with Crippen LogP contribution in [0.15, 0.2) is 18.2 Å². The van der Waals surface area contributed by atoms with E-state index in [-0.39, 0.29) is 11.8 Å². The second-order valence-electron chi connectivity index (χ2n) is 6.66. The standard InChI is InChI=1S/C20H22N2O4S/c1-11-5-6-14(12(2)9-11)18(24)21-19-17(20(25)26-4)15-7-8-22(13(3)23)10-16(15)27-19/h5-6,9H,7-8,10H2,1-4H3,(H,21,24). The van der Waals surface area contributed by atoms with Gasteiger partial charge in [0.25, 0.3) is 5.91 Å². The first kappa shape index (κ1) is 19.1. The number of methoxy groups -OCH3 is 1. The van der Waals surface area contributed by atoms with Crippen molar-refractivity contribution in [1.82, 2.24) is 4.90 Å². The van der Waals surface area contributed by atoms with Gasteiger partial charge in [0.15, 0.2) is 0 Å². The van der Waals surface area contributed by atoms with Crippen LogP contribution in [0.5, 0.6) is 0 Å². The summed E-state index contributed by atoms with van der Waals surface area (Å²) in [6.07, 6.45) is 0.565. The highest BCUT2D eigenvalue weighted by Gasteiger charge is 2.30. The Morgan fingerprint density at radius 3 is 2.59 bits per heavy atom. The lowest BCUT2D eigenvalue weighted by Gasteiger charge is -2.25. The van der Waals surface area contributed by atoms with E-state index in [1.165, 1.54) is 25.4 Å². The van der Waals surface area contributed by atoms with Gasteiger partial charge in [0.2, 0.25) is 5.91 Å². The molecule has 0 unspecified atom stereocenters. The largest absolute Gasteiger partial charge is 0.465 e. The maximum Gasteiger partial charge on any atom is 0.341 e. The number of anilines is 1. The number of hydrogen-bond acceptors (Lipinski definition) is 5. The molecule has 0 fully saturated rings. The highest BCUT2D eigenvalue weighted by molar-refractivity contribution is 7.17. The number of hydrogen-bond donors (Lipinski definition) is 1. The lowest BCUT2D eigenvalue weighted by atomic mass is 10.0. The van der Waals surface area contributed by atoms with Gasteiger partial charge in [0.1, 0.15) is 5.00 Å². The molecule has 2 aromatic rings. The first-order chi connectivity index (χ1) is 12.8. The van der Waals surface area contributed by atoms with Crippen LogP contribution in [0.3, 0.4) is 0 Å². The number of nitrogens with one attached hydrogen (secondary N) is 1. The van der Waals surface area contributed by atoms with Gasteiger partial charge in [0, 0.05) is 23.9 Å². The second-order valence-corrected chi connectivity index (χ2v) is 7.77. The summed E-state index contributed by atoms with van der Waals surface area (Å²) in [6.45, 7) is 6.38. The Balaban J connectivity index is 1.96. The van der Waals surface area contributed by atoms with Gasteiger partial charge in [-0.1, -0.05) is 17.7 Å². The maximum absolute atomic E-state index is 12.8. The molecular formula is C20H22N2O4S. The number of esters is 1. The van der Waals surface area contributed by atoms with Crippen LogP contribution in [-0.2, 0) is 22.5 Å². The fourth-order valence-corrected chi connectivity index (χ4v) is 4.56. The van der Waals surface area contributed by atoms with E-state index in [2.05, 4.69) is 5.32 Å². The molecule has 0 saturated heterocycles. The fourth-order valence-electron chi connectivity index (χ4n) is 3.32. The van der Waals surface area contributed by atoms with Crippen LogP contribution >= 0.6 is 11.3 Å². The molecule has 0 saturated carbocycles. The number of benzene rings is 1. The molecule has 1 aliphatic heterocycles. The monoisotopic (exact) mass is 386 g/mol. The molecule has 0 radical (unpaired) electrons. The van der Waals surface area contributed by atoms with Crippen molar-refractivity contribution in [3.63, 3.8) is 0 Å². The minimum Gasteiger partial charge on any atom is -0.465 e. The summed E-state index contributed by atoms with van der Waals surface area (Å²) < 4.78 is 4.94. The van der Waals surface area contributed by atoms with Gasteiger partial charge in [-0.25, -0.2) is 4.79 Å². The lowest BCUT2D eigenvalue weighted by Crippen LogP contribution is -2.33. The molecule has 1 aromatic heterocycles. The van der Waals surface area contributed by atoms with Crippen molar-refractivity contribution in [2.45, 2.75) is 33.7 Å². The first-order valence-electron chi connectivity index (χ1n) is 8.68. The number of thiophene rings is 1. The van der Waals surface area contributed by atoms with Crippen LogP contribution in [0.2, 0.25) is 0 Å². The van der Waals surface area contributed by atoms with Crippen LogP contribution in [-0.4, -0.2) is 36.3 Å². The Hall–Kier alpha value is -2.67. The van der Waals surface area contributed by atoms with E-state index in [0.29, 0.717) is 35.6 Å². The molecule has 1 aliphatic rings. The molecule has 2 heterocycles. The zero-order valence-corrected chi connectivity index (χ0v) is 16.7. The summed E-state index contributed by atoms with van der Waals surface area (Å²) in [5.41, 5.74) is 3.78. The molecule has 27 heavy (non-hydrogen) atoms. The van der Waals surface area contributed by atoms with Gasteiger partial charge >= 0.3 is 5.97 Å². The molecule has 1 aromatic carbocycles. The number of amides is 2. The number of nitrogens with zero attached hydrogens (tertiary/aromatic N) is 1. The predicted octanol–water partition coefficient (Wildman–Crippen LogP) is 3.31. The van der Waals surface area contributed by atoms with Crippen molar-refractivity contribution in [3.8, 4) is 0 Å². The normalized spacial score (nSPS) is 13.1. The quantitative estimate of drug-likeness (QED) is 0.821. The molecule has 2 amide bonds. The van der Waals surface area contributed by atoms with Crippen molar-refractivity contribution in [1.29, 1.82) is 0 Å². The van der Waals surface area contributed by atoms with Gasteiger partial charge in [-0.2, -0.15) is 0 Å². The average Bonchev–Trinajstić information content (AvgIpc) is 2.97. The molecule has 3 rings (SSSR count). The molecule has 6 nitrogen and oxygen atoms in total. The SMILES string of the molecule is COC(=O)c1c(NC(=O)c2ccc(C)cc2C)sc2c1CCN(C(C)=O)C2. The second kappa shape index (κ2) is 7.52. The summed E-state index contributed by atoms with van der Waals surface area (Å²) in [7, 11) is 1.33. The average molecular weight is 386 g/mol. The Kier molecular flexibility index (Phi) is 5.32. The molecule has 7 heteroatoms. The van der Waals surface area contributed by atoms with Crippen molar-refractivity contribution in [2.75, 3.05) is 19.0 Å². The minimum atomic E-state index is -0.472. The summed E-state index contributed by atoms with van der Waals surface area (Å²) in [6, 6.07) is 5.61. The topological polar surface area (TPSA) is 75.7 Å². The van der Waals surface area contributed by atoms with Crippen molar-refractivity contribution < 1.29 is 19.1 Å². The zero-order valence-electron chi connectivity index (χ0n) is 15.8. The van der Waals surface area contributed by atoms with Gasteiger partial charge in [-0.05, 0) is 37.5 Å². The van der Waals surface area contributed by atoms with Crippen molar-refractivity contribution >= 4 is 34.1 Å². The number of aryl methyl sites for hydroxylation is 2. The van der Waals surface area contributed by atoms with E-state index >= 15 is 0 Å². The van der Waals surface area contributed by atoms with Crippen LogP contribution in [0.25, 0.3) is 0 Å². The van der Waals surface area contributed by atoms with Crippen LogP contribution < -0.4 is 5.32 Å². The molecular weight excluding hydrogens is 364 g/mol. The maximum atomic E-state index is 12.8. The highest BCUT2D eigenvalue weighted by Crippen LogP contribution is 2.38. The van der Waals surface area contributed by atoms with Crippen LogP contribution in [0.1, 0.15) is 49.2 Å². The van der Waals surface area contributed by atoms with Gasteiger partial charge in [-0.3, -0.25) is 9.59 Å². The highest BCUT2D eigenvalue weighted by atomic mass is 32.1. The van der Waals surface area contributed by atoms with E-state index < -0.39 is 5.97 Å². The minimum absolute atomic E-state index is 0.00506. The van der Waals surface area contributed by atoms with Crippen molar-refractivity contribution in [3.05, 3.63) is 50.9 Å². The Labute approximate surface area is 162 Å². The van der Waals surface area contributed by atoms with E-state index in [4.69, 9.17) is 4.74 Å². The number of fused-ring (bicyclic) bond motifs is 1. The number of ether oxygens (including phenoxy) is 1. The van der Waals surface area contributed by atoms with Crippen molar-refractivity contribution in [2.24, 2.45) is 0 Å². The summed E-state index contributed by atoms with van der Waals surface area (Å²) in [5, 5.41) is 3.35. The first-order valence-corrected chi connectivity index (χ1v) is 9.50.